The van der Waals surface area contributed by atoms with Gasteiger partial charge in [0.25, 0.3) is 0 Å². The number of esters is 2. The highest BCUT2D eigenvalue weighted by molar-refractivity contribution is 5.75. The first-order chi connectivity index (χ1) is 24.5. The first-order valence-electron chi connectivity index (χ1n) is 22.2. The smallest absolute Gasteiger partial charge is 0.311 e. The Morgan fingerprint density at radius 3 is 1.67 bits per heavy atom. The number of hydrogen-bond donors (Lipinski definition) is 1. The Morgan fingerprint density at radius 1 is 0.569 bits per heavy atom. The minimum atomic E-state index is -0.423. The standard InChI is InChI=1S/C45H89NO5/c1-8-11-14-15-16-17-23-32-42(48)51-40-44(4,5)33-24-20-27-36-46(37-38-47)35-26-19-18-25-34-45(6,7)43(49)50-39-28-31-41(29-21-12-9-2)30-22-13-10-3/h41,47H,8-40H2,1-7H3. The Hall–Kier alpha value is -1.14. The van der Waals surface area contributed by atoms with Gasteiger partial charge in [0.1, 0.15) is 0 Å². The van der Waals surface area contributed by atoms with Crippen LogP contribution in [-0.4, -0.2) is 61.4 Å². The van der Waals surface area contributed by atoms with Crippen LogP contribution >= 0.6 is 0 Å². The lowest BCUT2D eigenvalue weighted by atomic mass is 9.87. The zero-order valence-electron chi connectivity index (χ0n) is 35.4. The lowest BCUT2D eigenvalue weighted by molar-refractivity contribution is -0.154. The molecule has 0 saturated carbocycles. The highest BCUT2D eigenvalue weighted by atomic mass is 16.5. The second-order valence-electron chi connectivity index (χ2n) is 17.3. The molecule has 0 amide bonds. The lowest BCUT2D eigenvalue weighted by Crippen LogP contribution is -2.29. The number of nitrogens with zero attached hydrogens (tertiary/aromatic N) is 1. The van der Waals surface area contributed by atoms with Crippen LogP contribution in [0.4, 0.5) is 0 Å². The summed E-state index contributed by atoms with van der Waals surface area (Å²) in [5.74, 6) is 0.713. The van der Waals surface area contributed by atoms with Gasteiger partial charge in [0, 0.05) is 13.0 Å². The van der Waals surface area contributed by atoms with Crippen molar-refractivity contribution in [3.8, 4) is 0 Å². The Balaban J connectivity index is 4.11. The molecule has 1 N–H and O–H groups in total. The van der Waals surface area contributed by atoms with Gasteiger partial charge >= 0.3 is 11.9 Å². The number of aliphatic hydroxyl groups excluding tert-OH is 1. The van der Waals surface area contributed by atoms with Gasteiger partial charge in [-0.25, -0.2) is 0 Å². The molecule has 0 rings (SSSR count). The molecular weight excluding hydrogens is 634 g/mol. The molecule has 0 fully saturated rings. The first-order valence-corrected chi connectivity index (χ1v) is 22.2. The quantitative estimate of drug-likeness (QED) is 0.0505. The van der Waals surface area contributed by atoms with Gasteiger partial charge in [-0.15, -0.1) is 0 Å². The summed E-state index contributed by atoms with van der Waals surface area (Å²) in [6, 6.07) is 0. The molecule has 0 aliphatic rings. The topological polar surface area (TPSA) is 76.1 Å². The number of unbranched alkanes of at least 4 members (excludes halogenated alkanes) is 15. The summed E-state index contributed by atoms with van der Waals surface area (Å²) in [4.78, 5) is 27.5. The van der Waals surface area contributed by atoms with Gasteiger partial charge in [0.15, 0.2) is 0 Å². The Labute approximate surface area is 318 Å². The van der Waals surface area contributed by atoms with Crippen molar-refractivity contribution in [2.24, 2.45) is 16.7 Å². The molecule has 0 aliphatic carbocycles. The van der Waals surface area contributed by atoms with Crippen LogP contribution in [-0.2, 0) is 19.1 Å². The normalized spacial score (nSPS) is 12.3. The van der Waals surface area contributed by atoms with E-state index >= 15 is 0 Å². The second-order valence-corrected chi connectivity index (χ2v) is 17.3. The van der Waals surface area contributed by atoms with Crippen molar-refractivity contribution >= 4 is 11.9 Å². The highest BCUT2D eigenvalue weighted by Gasteiger charge is 2.28. The van der Waals surface area contributed by atoms with Crippen LogP contribution < -0.4 is 0 Å². The summed E-state index contributed by atoms with van der Waals surface area (Å²) < 4.78 is 11.4. The van der Waals surface area contributed by atoms with Crippen LogP contribution in [0.3, 0.4) is 0 Å². The molecule has 304 valence electrons. The minimum Gasteiger partial charge on any atom is -0.465 e. The van der Waals surface area contributed by atoms with Crippen LogP contribution in [0.25, 0.3) is 0 Å². The Morgan fingerprint density at radius 2 is 1.06 bits per heavy atom. The third kappa shape index (κ3) is 31.0. The summed E-state index contributed by atoms with van der Waals surface area (Å²) in [5.41, 5.74) is -0.412. The third-order valence-electron chi connectivity index (χ3n) is 10.9. The third-order valence-corrected chi connectivity index (χ3v) is 10.9. The van der Waals surface area contributed by atoms with Crippen LogP contribution in [0.2, 0.25) is 0 Å². The van der Waals surface area contributed by atoms with E-state index in [0.29, 0.717) is 19.6 Å². The van der Waals surface area contributed by atoms with Gasteiger partial charge < -0.3 is 19.5 Å². The molecule has 0 saturated heterocycles. The van der Waals surface area contributed by atoms with E-state index in [1.807, 2.05) is 13.8 Å². The molecular formula is C45H89NO5. The number of hydrogen-bond acceptors (Lipinski definition) is 6. The molecule has 0 radical (unpaired) electrons. The number of rotatable bonds is 38. The molecule has 0 aromatic heterocycles. The largest absolute Gasteiger partial charge is 0.465 e. The SMILES string of the molecule is CCCCCCCCCC(=O)OCC(C)(C)CCCCCN(CCO)CCCCCCC(C)(C)C(=O)OCCCC(CCCCC)CCCCC. The maximum absolute atomic E-state index is 12.9. The molecule has 6 heteroatoms. The van der Waals surface area contributed by atoms with Crippen molar-refractivity contribution in [1.82, 2.24) is 4.90 Å². The van der Waals surface area contributed by atoms with Gasteiger partial charge in [-0.2, -0.15) is 0 Å². The van der Waals surface area contributed by atoms with Crippen molar-refractivity contribution in [2.75, 3.05) is 39.5 Å². The van der Waals surface area contributed by atoms with Crippen LogP contribution in [0.5, 0.6) is 0 Å². The van der Waals surface area contributed by atoms with Crippen molar-refractivity contribution in [2.45, 2.75) is 222 Å². The van der Waals surface area contributed by atoms with Crippen LogP contribution in [0, 0.1) is 16.7 Å². The molecule has 0 unspecified atom stereocenters. The molecule has 6 nitrogen and oxygen atoms in total. The van der Waals surface area contributed by atoms with Gasteiger partial charge in [-0.1, -0.05) is 157 Å². The zero-order chi connectivity index (χ0) is 38.1. The second kappa shape index (κ2) is 33.4. The summed E-state index contributed by atoms with van der Waals surface area (Å²) >= 11 is 0. The van der Waals surface area contributed by atoms with E-state index in [2.05, 4.69) is 39.5 Å². The van der Waals surface area contributed by atoms with E-state index in [1.165, 1.54) is 89.9 Å². The Bertz CT molecular complexity index is 787. The average Bonchev–Trinajstić information content (AvgIpc) is 3.09. The summed E-state index contributed by atoms with van der Waals surface area (Å²) in [6.45, 7) is 19.3. The van der Waals surface area contributed by atoms with E-state index < -0.39 is 5.41 Å². The minimum absolute atomic E-state index is 0.0106. The number of ether oxygens (including phenoxy) is 2. The van der Waals surface area contributed by atoms with Crippen molar-refractivity contribution in [1.29, 1.82) is 0 Å². The fraction of sp³-hybridized carbons (Fsp3) is 0.956. The maximum atomic E-state index is 12.9. The van der Waals surface area contributed by atoms with Gasteiger partial charge in [-0.05, 0) is 83.2 Å². The average molecular weight is 724 g/mol. The molecule has 0 aliphatic heterocycles. The van der Waals surface area contributed by atoms with E-state index in [4.69, 9.17) is 9.47 Å². The predicted octanol–water partition coefficient (Wildman–Crippen LogP) is 12.6. The fourth-order valence-corrected chi connectivity index (χ4v) is 7.13. The van der Waals surface area contributed by atoms with E-state index in [9.17, 15) is 14.7 Å². The lowest BCUT2D eigenvalue weighted by Gasteiger charge is -2.25. The Kier molecular flexibility index (Phi) is 32.7. The van der Waals surface area contributed by atoms with Crippen molar-refractivity contribution in [3.63, 3.8) is 0 Å². The number of carbonyl (C=O) groups excluding carboxylic acids is 2. The molecule has 0 atom stereocenters. The summed E-state index contributed by atoms with van der Waals surface area (Å²) in [6.07, 6.45) is 31.5. The number of aliphatic hydroxyl groups is 1. The monoisotopic (exact) mass is 724 g/mol. The van der Waals surface area contributed by atoms with Gasteiger partial charge in [-0.3, -0.25) is 9.59 Å². The predicted molar refractivity (Wildman–Crippen MR) is 218 cm³/mol. The van der Waals surface area contributed by atoms with Crippen molar-refractivity contribution in [3.05, 3.63) is 0 Å². The molecule has 0 spiro atoms. The molecule has 0 aromatic rings. The van der Waals surface area contributed by atoms with E-state index in [0.717, 1.165) is 103 Å². The fourth-order valence-electron chi connectivity index (χ4n) is 7.13. The van der Waals surface area contributed by atoms with E-state index in [-0.39, 0.29) is 24.0 Å². The van der Waals surface area contributed by atoms with E-state index in [1.54, 1.807) is 0 Å². The molecule has 0 aromatic carbocycles. The number of carbonyl (C=O) groups is 2. The first kappa shape index (κ1) is 49.9. The van der Waals surface area contributed by atoms with Crippen LogP contribution in [0.15, 0.2) is 0 Å². The zero-order valence-corrected chi connectivity index (χ0v) is 35.4. The van der Waals surface area contributed by atoms with Gasteiger partial charge in [0.05, 0.1) is 25.2 Å². The van der Waals surface area contributed by atoms with Gasteiger partial charge in [0.2, 0.25) is 0 Å². The molecule has 51 heavy (non-hydrogen) atoms. The summed E-state index contributed by atoms with van der Waals surface area (Å²) in [7, 11) is 0. The summed E-state index contributed by atoms with van der Waals surface area (Å²) in [5, 5.41) is 9.61. The van der Waals surface area contributed by atoms with Crippen LogP contribution in [0.1, 0.15) is 222 Å². The molecule has 0 heterocycles. The maximum Gasteiger partial charge on any atom is 0.311 e. The highest BCUT2D eigenvalue weighted by Crippen LogP contribution is 2.28. The molecule has 0 bridgehead atoms. The van der Waals surface area contributed by atoms with Crippen molar-refractivity contribution < 1.29 is 24.2 Å².